The molecule has 3 N–H and O–H groups in total. The standard InChI is InChI=1S/C15H19Cl2NO2/c1-15(5-3-2-4-6-15)12(14(19)20)10-7-9(16)8-11(17)13(10)18/h7-8,12H,2-6,18H2,1H3,(H,19,20). The van der Waals surface area contributed by atoms with Crippen molar-refractivity contribution >= 4 is 34.9 Å². The van der Waals surface area contributed by atoms with E-state index in [-0.39, 0.29) is 5.41 Å². The summed E-state index contributed by atoms with van der Waals surface area (Å²) in [7, 11) is 0. The average Bonchev–Trinajstić information content (AvgIpc) is 2.35. The molecule has 0 radical (unpaired) electrons. The van der Waals surface area contributed by atoms with Gasteiger partial charge < -0.3 is 10.8 Å². The molecule has 3 nitrogen and oxygen atoms in total. The fourth-order valence-corrected chi connectivity index (χ4v) is 3.81. The second kappa shape index (κ2) is 5.82. The number of nitrogens with two attached hydrogens (primary N) is 1. The topological polar surface area (TPSA) is 63.3 Å². The van der Waals surface area contributed by atoms with E-state index in [1.807, 2.05) is 6.92 Å². The smallest absolute Gasteiger partial charge is 0.311 e. The first-order chi connectivity index (χ1) is 9.35. The number of hydrogen-bond acceptors (Lipinski definition) is 2. The molecule has 0 bridgehead atoms. The van der Waals surface area contributed by atoms with E-state index in [1.165, 1.54) is 0 Å². The predicted molar refractivity (Wildman–Crippen MR) is 82.4 cm³/mol. The number of carboxylic acid groups (broad SMARTS) is 1. The first-order valence-corrected chi connectivity index (χ1v) is 7.58. The molecule has 1 atom stereocenters. The van der Waals surface area contributed by atoms with Gasteiger partial charge in [0.15, 0.2) is 0 Å². The van der Waals surface area contributed by atoms with Crippen LogP contribution in [0, 0.1) is 5.41 Å². The van der Waals surface area contributed by atoms with Crippen LogP contribution < -0.4 is 5.73 Å². The molecular formula is C15H19Cl2NO2. The van der Waals surface area contributed by atoms with Crippen LogP contribution in [0.25, 0.3) is 0 Å². The zero-order valence-electron chi connectivity index (χ0n) is 11.5. The maximum absolute atomic E-state index is 11.8. The number of carbonyl (C=O) groups is 1. The lowest BCUT2D eigenvalue weighted by molar-refractivity contribution is -0.142. The molecule has 1 aromatic carbocycles. The number of aliphatic carboxylic acids is 1. The Balaban J connectivity index is 2.51. The van der Waals surface area contributed by atoms with E-state index < -0.39 is 11.9 Å². The van der Waals surface area contributed by atoms with Gasteiger partial charge in [-0.2, -0.15) is 0 Å². The van der Waals surface area contributed by atoms with E-state index in [4.69, 9.17) is 28.9 Å². The van der Waals surface area contributed by atoms with Crippen LogP contribution in [0.4, 0.5) is 5.69 Å². The molecule has 0 heterocycles. The molecule has 2 rings (SSSR count). The molecule has 20 heavy (non-hydrogen) atoms. The summed E-state index contributed by atoms with van der Waals surface area (Å²) in [6.45, 7) is 2.03. The Bertz CT molecular complexity index is 525. The fourth-order valence-electron chi connectivity index (χ4n) is 3.30. The van der Waals surface area contributed by atoms with Gasteiger partial charge in [-0.25, -0.2) is 0 Å². The van der Waals surface area contributed by atoms with Gasteiger partial charge in [-0.3, -0.25) is 4.79 Å². The van der Waals surface area contributed by atoms with Crippen molar-refractivity contribution in [2.75, 3.05) is 5.73 Å². The Kier molecular flexibility index (Phi) is 4.50. The fraction of sp³-hybridized carbons (Fsp3) is 0.533. The molecule has 1 aliphatic carbocycles. The van der Waals surface area contributed by atoms with Gasteiger partial charge in [0.1, 0.15) is 0 Å². The number of benzene rings is 1. The Hall–Kier alpha value is -0.930. The highest BCUT2D eigenvalue weighted by Crippen LogP contribution is 2.49. The van der Waals surface area contributed by atoms with Crippen molar-refractivity contribution in [1.29, 1.82) is 0 Å². The van der Waals surface area contributed by atoms with Gasteiger partial charge >= 0.3 is 5.97 Å². The average molecular weight is 316 g/mol. The monoisotopic (exact) mass is 315 g/mol. The molecule has 110 valence electrons. The van der Waals surface area contributed by atoms with Crippen molar-refractivity contribution in [2.45, 2.75) is 44.9 Å². The minimum absolute atomic E-state index is 0.299. The summed E-state index contributed by atoms with van der Waals surface area (Å²) in [6.07, 6.45) is 5.03. The minimum atomic E-state index is -0.862. The summed E-state index contributed by atoms with van der Waals surface area (Å²) < 4.78 is 0. The molecule has 0 spiro atoms. The van der Waals surface area contributed by atoms with Gasteiger partial charge in [0, 0.05) is 5.02 Å². The number of nitrogen functional groups attached to an aromatic ring is 1. The van der Waals surface area contributed by atoms with Gasteiger partial charge in [0.05, 0.1) is 16.6 Å². The lowest BCUT2D eigenvalue weighted by Gasteiger charge is -2.39. The van der Waals surface area contributed by atoms with Crippen molar-refractivity contribution in [3.05, 3.63) is 27.7 Å². The van der Waals surface area contributed by atoms with Crippen LogP contribution in [-0.2, 0) is 4.79 Å². The number of rotatable bonds is 3. The van der Waals surface area contributed by atoms with Crippen LogP contribution in [0.5, 0.6) is 0 Å². The lowest BCUT2D eigenvalue weighted by atomic mass is 9.65. The Labute approximate surface area is 129 Å². The molecule has 5 heteroatoms. The van der Waals surface area contributed by atoms with Crippen molar-refractivity contribution in [2.24, 2.45) is 5.41 Å². The second-order valence-electron chi connectivity index (χ2n) is 5.88. The van der Waals surface area contributed by atoms with Gasteiger partial charge in [-0.05, 0) is 36.0 Å². The lowest BCUT2D eigenvalue weighted by Crippen LogP contribution is -2.34. The van der Waals surface area contributed by atoms with Crippen LogP contribution in [-0.4, -0.2) is 11.1 Å². The van der Waals surface area contributed by atoms with E-state index >= 15 is 0 Å². The maximum atomic E-state index is 11.8. The molecule has 0 saturated heterocycles. The second-order valence-corrected chi connectivity index (χ2v) is 6.72. The Morgan fingerprint density at radius 3 is 2.45 bits per heavy atom. The minimum Gasteiger partial charge on any atom is -0.481 e. The van der Waals surface area contributed by atoms with E-state index in [1.54, 1.807) is 12.1 Å². The Morgan fingerprint density at radius 1 is 1.30 bits per heavy atom. The summed E-state index contributed by atoms with van der Waals surface area (Å²) in [5.41, 5.74) is 6.57. The molecule has 1 saturated carbocycles. The highest BCUT2D eigenvalue weighted by molar-refractivity contribution is 6.36. The molecule has 1 aromatic rings. The molecule has 0 aromatic heterocycles. The summed E-state index contributed by atoms with van der Waals surface area (Å²) in [5, 5.41) is 10.4. The summed E-state index contributed by atoms with van der Waals surface area (Å²) >= 11 is 12.1. The van der Waals surface area contributed by atoms with Crippen molar-refractivity contribution in [3.63, 3.8) is 0 Å². The zero-order valence-corrected chi connectivity index (χ0v) is 13.0. The summed E-state index contributed by atoms with van der Waals surface area (Å²) in [6, 6.07) is 3.19. The van der Waals surface area contributed by atoms with Gasteiger partial charge in [-0.15, -0.1) is 0 Å². The quantitative estimate of drug-likeness (QED) is 0.794. The van der Waals surface area contributed by atoms with Crippen LogP contribution in [0.15, 0.2) is 12.1 Å². The Morgan fingerprint density at radius 2 is 1.90 bits per heavy atom. The number of carboxylic acids is 1. The highest BCUT2D eigenvalue weighted by Gasteiger charge is 2.42. The highest BCUT2D eigenvalue weighted by atomic mass is 35.5. The largest absolute Gasteiger partial charge is 0.481 e. The first kappa shape index (κ1) is 15.5. The summed E-state index contributed by atoms with van der Waals surface area (Å²) in [5.74, 6) is -1.53. The molecule has 0 aliphatic heterocycles. The van der Waals surface area contributed by atoms with Gasteiger partial charge in [0.2, 0.25) is 0 Å². The van der Waals surface area contributed by atoms with Crippen LogP contribution in [0.2, 0.25) is 10.0 Å². The maximum Gasteiger partial charge on any atom is 0.311 e. The van der Waals surface area contributed by atoms with E-state index in [2.05, 4.69) is 0 Å². The predicted octanol–water partition coefficient (Wildman–Crippen LogP) is 4.71. The molecule has 1 unspecified atom stereocenters. The summed E-state index contributed by atoms with van der Waals surface area (Å²) in [4.78, 5) is 11.8. The molecule has 0 amide bonds. The molecular weight excluding hydrogens is 297 g/mol. The third-order valence-corrected chi connectivity index (χ3v) is 4.91. The third kappa shape index (κ3) is 2.89. The van der Waals surface area contributed by atoms with Crippen molar-refractivity contribution < 1.29 is 9.90 Å². The van der Waals surface area contributed by atoms with E-state index in [9.17, 15) is 9.90 Å². The van der Waals surface area contributed by atoms with Crippen LogP contribution >= 0.6 is 23.2 Å². The number of anilines is 1. The first-order valence-electron chi connectivity index (χ1n) is 6.82. The van der Waals surface area contributed by atoms with Crippen molar-refractivity contribution in [3.8, 4) is 0 Å². The SMILES string of the molecule is CC1(C(C(=O)O)c2cc(Cl)cc(Cl)c2N)CCCCC1. The van der Waals surface area contributed by atoms with Gasteiger partial charge in [0.25, 0.3) is 0 Å². The van der Waals surface area contributed by atoms with Crippen molar-refractivity contribution in [1.82, 2.24) is 0 Å². The number of hydrogen-bond donors (Lipinski definition) is 2. The van der Waals surface area contributed by atoms with E-state index in [0.717, 1.165) is 32.1 Å². The van der Waals surface area contributed by atoms with Crippen LogP contribution in [0.3, 0.4) is 0 Å². The van der Waals surface area contributed by atoms with Crippen LogP contribution in [0.1, 0.15) is 50.5 Å². The van der Waals surface area contributed by atoms with Gasteiger partial charge in [-0.1, -0.05) is 49.4 Å². The number of halogens is 2. The molecule has 1 aliphatic rings. The zero-order chi connectivity index (χ0) is 14.9. The molecule has 1 fully saturated rings. The van der Waals surface area contributed by atoms with E-state index in [0.29, 0.717) is 21.3 Å². The normalized spacial score (nSPS) is 19.6. The third-order valence-electron chi connectivity index (χ3n) is 4.38.